The van der Waals surface area contributed by atoms with Gasteiger partial charge in [-0.25, -0.2) is 0 Å². The standard InChI is InChI=1S/C14H14ClN/c1-10-12(8-13(15)9-14(10)16)7-11-5-3-2-4-6-11/h2-6,8-9H,7,16H2,1H3. The van der Waals surface area contributed by atoms with Crippen LogP contribution in [0, 0.1) is 6.92 Å². The van der Waals surface area contributed by atoms with Gasteiger partial charge in [-0.2, -0.15) is 0 Å². The zero-order valence-corrected chi connectivity index (χ0v) is 9.96. The van der Waals surface area contributed by atoms with Crippen LogP contribution in [0.5, 0.6) is 0 Å². The second kappa shape index (κ2) is 4.58. The van der Waals surface area contributed by atoms with Gasteiger partial charge in [-0.1, -0.05) is 41.9 Å². The van der Waals surface area contributed by atoms with Gasteiger partial charge in [-0.3, -0.25) is 0 Å². The maximum atomic E-state index is 6.01. The van der Waals surface area contributed by atoms with E-state index in [9.17, 15) is 0 Å². The molecule has 2 rings (SSSR count). The van der Waals surface area contributed by atoms with Crippen molar-refractivity contribution in [3.8, 4) is 0 Å². The lowest BCUT2D eigenvalue weighted by Gasteiger charge is -2.09. The van der Waals surface area contributed by atoms with Crippen LogP contribution in [0.15, 0.2) is 42.5 Å². The van der Waals surface area contributed by atoms with E-state index in [1.165, 1.54) is 11.1 Å². The van der Waals surface area contributed by atoms with Crippen molar-refractivity contribution in [2.45, 2.75) is 13.3 Å². The van der Waals surface area contributed by atoms with E-state index in [-0.39, 0.29) is 0 Å². The molecule has 0 aliphatic heterocycles. The van der Waals surface area contributed by atoms with E-state index in [4.69, 9.17) is 17.3 Å². The Morgan fingerprint density at radius 3 is 2.50 bits per heavy atom. The van der Waals surface area contributed by atoms with Crippen LogP contribution in [0.25, 0.3) is 0 Å². The van der Waals surface area contributed by atoms with Gasteiger partial charge in [-0.05, 0) is 42.2 Å². The minimum absolute atomic E-state index is 0.703. The van der Waals surface area contributed by atoms with Gasteiger partial charge < -0.3 is 5.73 Å². The number of anilines is 1. The van der Waals surface area contributed by atoms with E-state index in [1.807, 2.05) is 31.2 Å². The van der Waals surface area contributed by atoms with E-state index in [0.29, 0.717) is 5.02 Å². The van der Waals surface area contributed by atoms with E-state index in [1.54, 1.807) is 6.07 Å². The van der Waals surface area contributed by atoms with Crippen molar-refractivity contribution in [2.24, 2.45) is 0 Å². The Morgan fingerprint density at radius 1 is 1.12 bits per heavy atom. The Hall–Kier alpha value is -1.47. The van der Waals surface area contributed by atoms with Gasteiger partial charge in [0.05, 0.1) is 0 Å². The minimum atomic E-state index is 0.703. The monoisotopic (exact) mass is 231 g/mol. The van der Waals surface area contributed by atoms with Crippen LogP contribution in [0.4, 0.5) is 5.69 Å². The molecule has 0 fully saturated rings. The van der Waals surface area contributed by atoms with Crippen molar-refractivity contribution < 1.29 is 0 Å². The van der Waals surface area contributed by atoms with E-state index >= 15 is 0 Å². The average molecular weight is 232 g/mol. The summed E-state index contributed by atoms with van der Waals surface area (Å²) in [7, 11) is 0. The van der Waals surface area contributed by atoms with Gasteiger partial charge in [0.2, 0.25) is 0 Å². The molecule has 0 spiro atoms. The van der Waals surface area contributed by atoms with E-state index in [2.05, 4.69) is 12.1 Å². The van der Waals surface area contributed by atoms with Gasteiger partial charge in [0.1, 0.15) is 0 Å². The smallest absolute Gasteiger partial charge is 0.0429 e. The summed E-state index contributed by atoms with van der Waals surface area (Å²) in [5.41, 5.74) is 10.2. The highest BCUT2D eigenvalue weighted by Crippen LogP contribution is 2.24. The molecule has 2 N–H and O–H groups in total. The van der Waals surface area contributed by atoms with E-state index in [0.717, 1.165) is 17.7 Å². The van der Waals surface area contributed by atoms with Crippen LogP contribution in [-0.2, 0) is 6.42 Å². The third-order valence-electron chi connectivity index (χ3n) is 2.76. The third kappa shape index (κ3) is 2.37. The first-order valence-corrected chi connectivity index (χ1v) is 5.63. The molecule has 82 valence electrons. The second-order valence-corrected chi connectivity index (χ2v) is 4.38. The molecule has 0 saturated carbocycles. The molecule has 2 heteroatoms. The predicted octanol–water partition coefficient (Wildman–Crippen LogP) is 3.82. The zero-order chi connectivity index (χ0) is 11.5. The van der Waals surface area contributed by atoms with Crippen LogP contribution >= 0.6 is 11.6 Å². The zero-order valence-electron chi connectivity index (χ0n) is 9.20. The summed E-state index contributed by atoms with van der Waals surface area (Å²) in [6.45, 7) is 2.03. The van der Waals surface area contributed by atoms with Gasteiger partial charge >= 0.3 is 0 Å². The molecule has 0 unspecified atom stereocenters. The molecule has 2 aromatic rings. The molecule has 0 saturated heterocycles. The van der Waals surface area contributed by atoms with Crippen molar-refractivity contribution >= 4 is 17.3 Å². The lowest BCUT2D eigenvalue weighted by molar-refractivity contribution is 1.16. The molecule has 0 radical (unpaired) electrons. The molecule has 2 aromatic carbocycles. The summed E-state index contributed by atoms with van der Waals surface area (Å²) in [5.74, 6) is 0. The summed E-state index contributed by atoms with van der Waals surface area (Å²) in [5, 5.41) is 0.703. The highest BCUT2D eigenvalue weighted by Gasteiger charge is 2.04. The van der Waals surface area contributed by atoms with Gasteiger partial charge in [0.25, 0.3) is 0 Å². The quantitative estimate of drug-likeness (QED) is 0.782. The SMILES string of the molecule is Cc1c(N)cc(Cl)cc1Cc1ccccc1. The molecule has 0 atom stereocenters. The summed E-state index contributed by atoms with van der Waals surface area (Å²) in [4.78, 5) is 0. The molecule has 0 aliphatic carbocycles. The number of hydrogen-bond donors (Lipinski definition) is 1. The second-order valence-electron chi connectivity index (χ2n) is 3.94. The van der Waals surface area contributed by atoms with Gasteiger partial charge in [-0.15, -0.1) is 0 Å². The van der Waals surface area contributed by atoms with Crippen molar-refractivity contribution in [3.63, 3.8) is 0 Å². The Morgan fingerprint density at radius 2 is 1.81 bits per heavy atom. The summed E-state index contributed by atoms with van der Waals surface area (Å²) >= 11 is 6.01. The van der Waals surface area contributed by atoms with Crippen LogP contribution in [0.2, 0.25) is 5.02 Å². The lowest BCUT2D eigenvalue weighted by atomic mass is 9.99. The van der Waals surface area contributed by atoms with Crippen molar-refractivity contribution in [2.75, 3.05) is 5.73 Å². The molecule has 1 nitrogen and oxygen atoms in total. The molecule has 0 heterocycles. The van der Waals surface area contributed by atoms with Gasteiger partial charge in [0, 0.05) is 10.7 Å². The number of nitrogens with two attached hydrogens (primary N) is 1. The molecule has 0 bridgehead atoms. The fraction of sp³-hybridized carbons (Fsp3) is 0.143. The number of hydrogen-bond acceptors (Lipinski definition) is 1. The largest absolute Gasteiger partial charge is 0.398 e. The van der Waals surface area contributed by atoms with Crippen molar-refractivity contribution in [1.82, 2.24) is 0 Å². The molecule has 0 amide bonds. The topological polar surface area (TPSA) is 26.0 Å². The van der Waals surface area contributed by atoms with Crippen LogP contribution in [0.3, 0.4) is 0 Å². The molecule has 0 aromatic heterocycles. The summed E-state index contributed by atoms with van der Waals surface area (Å²) in [6, 6.07) is 14.1. The van der Waals surface area contributed by atoms with E-state index < -0.39 is 0 Å². The normalized spacial score (nSPS) is 10.4. The summed E-state index contributed by atoms with van der Waals surface area (Å²) in [6.07, 6.45) is 0.872. The first-order chi connectivity index (χ1) is 7.66. The molecular weight excluding hydrogens is 218 g/mol. The molecule has 16 heavy (non-hydrogen) atoms. The van der Waals surface area contributed by atoms with Crippen molar-refractivity contribution in [3.05, 3.63) is 64.2 Å². The number of rotatable bonds is 2. The Labute approximate surface area is 101 Å². The van der Waals surface area contributed by atoms with Crippen LogP contribution in [0.1, 0.15) is 16.7 Å². The van der Waals surface area contributed by atoms with Crippen LogP contribution < -0.4 is 5.73 Å². The maximum Gasteiger partial charge on any atom is 0.0429 e. The Bertz CT molecular complexity index is 492. The molecular formula is C14H14ClN. The Kier molecular flexibility index (Phi) is 3.16. The average Bonchev–Trinajstić information content (AvgIpc) is 2.27. The first-order valence-electron chi connectivity index (χ1n) is 5.25. The first kappa shape index (κ1) is 11.0. The highest BCUT2D eigenvalue weighted by molar-refractivity contribution is 6.31. The lowest BCUT2D eigenvalue weighted by Crippen LogP contribution is -1.97. The van der Waals surface area contributed by atoms with Crippen LogP contribution in [-0.4, -0.2) is 0 Å². The minimum Gasteiger partial charge on any atom is -0.398 e. The predicted molar refractivity (Wildman–Crippen MR) is 69.8 cm³/mol. The maximum absolute atomic E-state index is 6.01. The number of nitrogen functional groups attached to an aromatic ring is 1. The summed E-state index contributed by atoms with van der Waals surface area (Å²) < 4.78 is 0. The fourth-order valence-corrected chi connectivity index (χ4v) is 2.01. The number of benzene rings is 2. The third-order valence-corrected chi connectivity index (χ3v) is 2.98. The highest BCUT2D eigenvalue weighted by atomic mass is 35.5. The Balaban J connectivity index is 2.35. The van der Waals surface area contributed by atoms with Gasteiger partial charge in [0.15, 0.2) is 0 Å². The van der Waals surface area contributed by atoms with Crippen molar-refractivity contribution in [1.29, 1.82) is 0 Å². The fourth-order valence-electron chi connectivity index (χ4n) is 1.76. The number of halogens is 1. The molecule has 0 aliphatic rings.